The Labute approximate surface area is 154 Å². The van der Waals surface area contributed by atoms with E-state index in [2.05, 4.69) is 16.8 Å². The summed E-state index contributed by atoms with van der Waals surface area (Å²) in [7, 11) is 0. The topological polar surface area (TPSA) is 53.4 Å². The number of benzene rings is 1. The number of pyridine rings is 1. The number of amides is 1. The lowest BCUT2D eigenvalue weighted by atomic mass is 9.91. The Morgan fingerprint density at radius 1 is 1.27 bits per heavy atom. The van der Waals surface area contributed by atoms with E-state index in [1.165, 1.54) is 4.90 Å². The van der Waals surface area contributed by atoms with E-state index < -0.39 is 28.8 Å². The predicted octanol–water partition coefficient (Wildman–Crippen LogP) is 3.03. The van der Waals surface area contributed by atoms with Crippen molar-refractivity contribution < 1.29 is 18.7 Å². The normalized spacial score (nSPS) is 15.9. The third kappa shape index (κ3) is 4.18. The number of piperidine rings is 1. The number of carbonyl (C=O) groups is 1. The van der Waals surface area contributed by atoms with Gasteiger partial charge in [0.1, 0.15) is 11.4 Å². The first-order valence-electron chi connectivity index (χ1n) is 7.98. The molecule has 26 heavy (non-hydrogen) atoms. The van der Waals surface area contributed by atoms with Crippen molar-refractivity contribution in [2.24, 2.45) is 0 Å². The number of halogens is 3. The van der Waals surface area contributed by atoms with E-state index >= 15 is 0 Å². The summed E-state index contributed by atoms with van der Waals surface area (Å²) < 4.78 is 26.6. The third-order valence-electron chi connectivity index (χ3n) is 4.15. The first kappa shape index (κ1) is 18.3. The summed E-state index contributed by atoms with van der Waals surface area (Å²) in [5.74, 6) is 3.23. The van der Waals surface area contributed by atoms with Crippen LogP contribution >= 0.6 is 11.6 Å². The number of nitrogens with zero attached hydrogens (tertiary/aromatic N) is 2. The first-order chi connectivity index (χ1) is 12.4. The number of aromatic nitrogens is 1. The van der Waals surface area contributed by atoms with Gasteiger partial charge in [0.25, 0.3) is 5.91 Å². The van der Waals surface area contributed by atoms with Gasteiger partial charge in [-0.15, -0.1) is 0 Å². The second kappa shape index (κ2) is 7.40. The molecule has 3 rings (SSSR count). The van der Waals surface area contributed by atoms with E-state index in [9.17, 15) is 18.7 Å². The van der Waals surface area contributed by atoms with Crippen LogP contribution in [0.15, 0.2) is 36.5 Å². The maximum Gasteiger partial charge on any atom is 0.275 e. The molecule has 0 unspecified atom stereocenters. The molecule has 2 aromatic rings. The van der Waals surface area contributed by atoms with E-state index in [0.29, 0.717) is 16.7 Å². The maximum atomic E-state index is 13.7. The molecule has 1 saturated heterocycles. The second-order valence-electron chi connectivity index (χ2n) is 6.07. The van der Waals surface area contributed by atoms with Crippen molar-refractivity contribution in [3.63, 3.8) is 0 Å². The van der Waals surface area contributed by atoms with E-state index in [0.717, 1.165) is 6.20 Å². The van der Waals surface area contributed by atoms with Crippen LogP contribution in [0.1, 0.15) is 28.9 Å². The molecular weight excluding hydrogens is 362 g/mol. The Morgan fingerprint density at radius 2 is 2.00 bits per heavy atom. The Bertz CT molecular complexity index is 900. The fourth-order valence-electron chi connectivity index (χ4n) is 2.68. The smallest absolute Gasteiger partial charge is 0.275 e. The van der Waals surface area contributed by atoms with Crippen LogP contribution in [0.2, 0.25) is 5.02 Å². The molecule has 0 spiro atoms. The molecule has 1 aromatic carbocycles. The molecule has 1 aromatic heterocycles. The standard InChI is InChI=1S/C19H15ClF2N2O2/c20-14-3-1-2-13(10-14)4-5-19(26)6-8-24(9-7-19)18(25)17-16(22)11-15(21)12-23-17/h1-3,10-12,26H,6-9H2. The predicted molar refractivity (Wildman–Crippen MR) is 92.6 cm³/mol. The van der Waals surface area contributed by atoms with E-state index in [-0.39, 0.29) is 25.9 Å². The molecule has 0 radical (unpaired) electrons. The van der Waals surface area contributed by atoms with Gasteiger partial charge in [0.2, 0.25) is 0 Å². The molecule has 7 heteroatoms. The molecule has 1 fully saturated rings. The quantitative estimate of drug-likeness (QED) is 0.778. The van der Waals surface area contributed by atoms with Crippen LogP contribution in [0, 0.1) is 23.5 Å². The zero-order chi connectivity index (χ0) is 18.7. The van der Waals surface area contributed by atoms with Crippen molar-refractivity contribution in [1.82, 2.24) is 9.88 Å². The Morgan fingerprint density at radius 3 is 2.65 bits per heavy atom. The Kier molecular flexibility index (Phi) is 5.21. The zero-order valence-corrected chi connectivity index (χ0v) is 14.4. The number of hydrogen-bond donors (Lipinski definition) is 1. The van der Waals surface area contributed by atoms with Gasteiger partial charge in [-0.1, -0.05) is 29.5 Å². The van der Waals surface area contributed by atoms with Gasteiger partial charge in [0.15, 0.2) is 11.5 Å². The van der Waals surface area contributed by atoms with Crippen LogP contribution in [0.25, 0.3) is 0 Å². The zero-order valence-electron chi connectivity index (χ0n) is 13.7. The summed E-state index contributed by atoms with van der Waals surface area (Å²) in [6, 6.07) is 7.59. The van der Waals surface area contributed by atoms with Gasteiger partial charge in [-0.25, -0.2) is 13.8 Å². The summed E-state index contributed by atoms with van der Waals surface area (Å²) in [4.78, 5) is 17.2. The highest BCUT2D eigenvalue weighted by molar-refractivity contribution is 6.30. The van der Waals surface area contributed by atoms with Gasteiger partial charge in [-0.05, 0) is 18.2 Å². The summed E-state index contributed by atoms with van der Waals surface area (Å²) >= 11 is 5.90. The van der Waals surface area contributed by atoms with E-state index in [4.69, 9.17) is 11.6 Å². The fraction of sp³-hybridized carbons (Fsp3) is 0.263. The highest BCUT2D eigenvalue weighted by Crippen LogP contribution is 2.23. The highest BCUT2D eigenvalue weighted by Gasteiger charge is 2.33. The van der Waals surface area contributed by atoms with Gasteiger partial charge in [-0.3, -0.25) is 4.79 Å². The number of rotatable bonds is 1. The Balaban J connectivity index is 1.67. The molecule has 0 bridgehead atoms. The number of aliphatic hydroxyl groups is 1. The molecule has 1 aliphatic rings. The summed E-state index contributed by atoms with van der Waals surface area (Å²) in [5.41, 5.74) is -0.989. The summed E-state index contributed by atoms with van der Waals surface area (Å²) in [6.07, 6.45) is 1.23. The van der Waals surface area contributed by atoms with Crippen molar-refractivity contribution in [2.45, 2.75) is 18.4 Å². The minimum absolute atomic E-state index is 0.193. The van der Waals surface area contributed by atoms with Crippen LogP contribution in [0.4, 0.5) is 8.78 Å². The number of likely N-dealkylation sites (tertiary alicyclic amines) is 1. The summed E-state index contributed by atoms with van der Waals surface area (Å²) in [5, 5.41) is 11.1. The monoisotopic (exact) mass is 376 g/mol. The molecule has 134 valence electrons. The lowest BCUT2D eigenvalue weighted by Crippen LogP contribution is -2.46. The van der Waals surface area contributed by atoms with Gasteiger partial charge in [0.05, 0.1) is 6.20 Å². The van der Waals surface area contributed by atoms with Crippen molar-refractivity contribution in [3.8, 4) is 11.8 Å². The summed E-state index contributed by atoms with van der Waals surface area (Å²) in [6.45, 7) is 0.385. The molecule has 1 aliphatic heterocycles. The second-order valence-corrected chi connectivity index (χ2v) is 6.50. The Hall–Kier alpha value is -2.49. The van der Waals surface area contributed by atoms with Gasteiger partial charge < -0.3 is 10.0 Å². The molecule has 4 nitrogen and oxygen atoms in total. The fourth-order valence-corrected chi connectivity index (χ4v) is 2.87. The molecule has 0 saturated carbocycles. The van der Waals surface area contributed by atoms with Crippen molar-refractivity contribution in [1.29, 1.82) is 0 Å². The van der Waals surface area contributed by atoms with Crippen LogP contribution in [-0.4, -0.2) is 39.6 Å². The molecule has 1 amide bonds. The lowest BCUT2D eigenvalue weighted by Gasteiger charge is -2.34. The average molecular weight is 377 g/mol. The van der Waals surface area contributed by atoms with Crippen molar-refractivity contribution in [2.75, 3.05) is 13.1 Å². The van der Waals surface area contributed by atoms with E-state index in [1.54, 1.807) is 24.3 Å². The largest absolute Gasteiger partial charge is 0.377 e. The van der Waals surface area contributed by atoms with Crippen LogP contribution in [0.3, 0.4) is 0 Å². The van der Waals surface area contributed by atoms with Crippen LogP contribution in [-0.2, 0) is 0 Å². The molecule has 0 atom stereocenters. The molecule has 0 aliphatic carbocycles. The van der Waals surface area contributed by atoms with Crippen molar-refractivity contribution >= 4 is 17.5 Å². The third-order valence-corrected chi connectivity index (χ3v) is 4.39. The lowest BCUT2D eigenvalue weighted by molar-refractivity contribution is 0.0244. The number of carbonyl (C=O) groups excluding carboxylic acids is 1. The SMILES string of the molecule is O=C(c1ncc(F)cc1F)N1CCC(O)(C#Cc2cccc(Cl)c2)CC1. The first-order valence-corrected chi connectivity index (χ1v) is 8.36. The van der Waals surface area contributed by atoms with Gasteiger partial charge in [0, 0.05) is 42.6 Å². The van der Waals surface area contributed by atoms with Crippen LogP contribution < -0.4 is 0 Å². The minimum atomic E-state index is -1.24. The number of hydrogen-bond acceptors (Lipinski definition) is 3. The highest BCUT2D eigenvalue weighted by atomic mass is 35.5. The molecule has 1 N–H and O–H groups in total. The molecular formula is C19H15ClF2N2O2. The maximum absolute atomic E-state index is 13.7. The molecule has 2 heterocycles. The van der Waals surface area contributed by atoms with Gasteiger partial charge in [-0.2, -0.15) is 0 Å². The van der Waals surface area contributed by atoms with Gasteiger partial charge >= 0.3 is 0 Å². The average Bonchev–Trinajstić information content (AvgIpc) is 2.60. The van der Waals surface area contributed by atoms with Crippen LogP contribution in [0.5, 0.6) is 0 Å². The van der Waals surface area contributed by atoms with E-state index in [1.807, 2.05) is 0 Å². The van der Waals surface area contributed by atoms with Crippen molar-refractivity contribution in [3.05, 3.63) is 64.4 Å². The minimum Gasteiger partial charge on any atom is -0.377 e.